The minimum atomic E-state index is -3.16. The first-order chi connectivity index (χ1) is 9.24. The van der Waals surface area contributed by atoms with Gasteiger partial charge in [0.05, 0.1) is 10.6 Å². The molecule has 1 aromatic carbocycles. The van der Waals surface area contributed by atoms with Crippen molar-refractivity contribution in [3.63, 3.8) is 0 Å². The molecule has 1 rings (SSSR count). The number of benzene rings is 1. The second kappa shape index (κ2) is 7.19. The van der Waals surface area contributed by atoms with E-state index in [1.165, 1.54) is 6.26 Å². The van der Waals surface area contributed by atoms with E-state index in [0.717, 1.165) is 5.56 Å². The average Bonchev–Trinajstić information content (AvgIpc) is 2.38. The van der Waals surface area contributed by atoms with Gasteiger partial charge in [0, 0.05) is 18.6 Å². The minimum Gasteiger partial charge on any atom is -0.313 e. The molecule has 20 heavy (non-hydrogen) atoms. The number of hydrogen-bond acceptors (Lipinski definition) is 5. The highest BCUT2D eigenvalue weighted by molar-refractivity contribution is 7.91. The molecule has 0 spiro atoms. The summed E-state index contributed by atoms with van der Waals surface area (Å²) in [6.45, 7) is 2.86. The van der Waals surface area contributed by atoms with Gasteiger partial charge in [0.25, 0.3) is 0 Å². The number of sulfone groups is 2. The fourth-order valence-corrected chi connectivity index (χ4v) is 3.15. The van der Waals surface area contributed by atoms with Crippen molar-refractivity contribution in [3.05, 3.63) is 29.8 Å². The molecule has 0 aromatic heterocycles. The Balaban J connectivity index is 2.37. The lowest BCUT2D eigenvalue weighted by molar-refractivity contribution is 0.590. The predicted molar refractivity (Wildman–Crippen MR) is 80.2 cm³/mol. The molecule has 0 aliphatic carbocycles. The van der Waals surface area contributed by atoms with Crippen LogP contribution in [-0.4, -0.2) is 41.1 Å². The average molecular weight is 319 g/mol. The normalized spacial score (nSPS) is 12.5. The van der Waals surface area contributed by atoms with E-state index in [1.54, 1.807) is 31.2 Å². The summed E-state index contributed by atoms with van der Waals surface area (Å²) in [7, 11) is -6.05. The molecule has 1 N–H and O–H groups in total. The van der Waals surface area contributed by atoms with Crippen LogP contribution in [0.25, 0.3) is 0 Å². The fourth-order valence-electron chi connectivity index (χ4n) is 1.65. The van der Waals surface area contributed by atoms with Crippen LogP contribution in [0.4, 0.5) is 0 Å². The Bertz CT molecular complexity index is 619. The van der Waals surface area contributed by atoms with Crippen LogP contribution in [0.1, 0.15) is 18.9 Å². The lowest BCUT2D eigenvalue weighted by atomic mass is 10.2. The van der Waals surface area contributed by atoms with Crippen molar-refractivity contribution in [2.45, 2.75) is 24.8 Å². The first-order valence-corrected chi connectivity index (χ1v) is 10.2. The summed E-state index contributed by atoms with van der Waals surface area (Å²) in [5.74, 6) is 0.378. The van der Waals surface area contributed by atoms with Gasteiger partial charge in [-0.1, -0.05) is 19.1 Å². The number of rotatable bonds is 8. The van der Waals surface area contributed by atoms with Crippen molar-refractivity contribution in [3.8, 4) is 0 Å². The monoisotopic (exact) mass is 319 g/mol. The van der Waals surface area contributed by atoms with Crippen molar-refractivity contribution in [2.24, 2.45) is 0 Å². The largest absolute Gasteiger partial charge is 0.313 e. The molecule has 0 unspecified atom stereocenters. The number of hydrogen-bond donors (Lipinski definition) is 1. The molecule has 114 valence electrons. The molecule has 0 radical (unpaired) electrons. The SMILES string of the molecule is CCS(=O)(=O)CCCNCc1ccc(S(C)(=O)=O)cc1. The van der Waals surface area contributed by atoms with Crippen LogP contribution in [0.3, 0.4) is 0 Å². The molecule has 5 nitrogen and oxygen atoms in total. The first-order valence-electron chi connectivity index (χ1n) is 6.45. The third-order valence-electron chi connectivity index (χ3n) is 2.93. The zero-order chi connectivity index (χ0) is 15.2. The quantitative estimate of drug-likeness (QED) is 0.723. The highest BCUT2D eigenvalue weighted by atomic mass is 32.2. The molecular weight excluding hydrogens is 298 g/mol. The van der Waals surface area contributed by atoms with Crippen LogP contribution in [0.2, 0.25) is 0 Å². The van der Waals surface area contributed by atoms with Crippen LogP contribution in [0.5, 0.6) is 0 Å². The Hall–Kier alpha value is -0.920. The maximum atomic E-state index is 11.3. The van der Waals surface area contributed by atoms with E-state index < -0.39 is 19.7 Å². The summed E-state index contributed by atoms with van der Waals surface area (Å²) in [4.78, 5) is 0.301. The van der Waals surface area contributed by atoms with E-state index >= 15 is 0 Å². The Morgan fingerprint density at radius 2 is 1.65 bits per heavy atom. The zero-order valence-corrected chi connectivity index (χ0v) is 13.4. The molecule has 0 atom stereocenters. The first kappa shape index (κ1) is 17.1. The van der Waals surface area contributed by atoms with Crippen molar-refractivity contribution in [2.75, 3.05) is 24.3 Å². The Morgan fingerprint density at radius 1 is 1.05 bits per heavy atom. The maximum absolute atomic E-state index is 11.3. The van der Waals surface area contributed by atoms with Gasteiger partial charge in [-0.2, -0.15) is 0 Å². The molecule has 0 saturated heterocycles. The summed E-state index contributed by atoms with van der Waals surface area (Å²) >= 11 is 0. The zero-order valence-electron chi connectivity index (χ0n) is 11.8. The van der Waals surface area contributed by atoms with Gasteiger partial charge < -0.3 is 5.32 Å². The van der Waals surface area contributed by atoms with Gasteiger partial charge in [0.1, 0.15) is 9.84 Å². The molecule has 0 bridgehead atoms. The second-order valence-electron chi connectivity index (χ2n) is 4.68. The third kappa shape index (κ3) is 6.02. The van der Waals surface area contributed by atoms with Gasteiger partial charge in [0.2, 0.25) is 0 Å². The van der Waals surface area contributed by atoms with Crippen molar-refractivity contribution in [1.82, 2.24) is 5.32 Å². The smallest absolute Gasteiger partial charge is 0.175 e. The van der Waals surface area contributed by atoms with Gasteiger partial charge in [0.15, 0.2) is 9.84 Å². The summed E-state index contributed by atoms with van der Waals surface area (Å²) < 4.78 is 45.1. The van der Waals surface area contributed by atoms with Crippen molar-refractivity contribution >= 4 is 19.7 Å². The van der Waals surface area contributed by atoms with Crippen LogP contribution in [-0.2, 0) is 26.2 Å². The van der Waals surface area contributed by atoms with Crippen LogP contribution < -0.4 is 5.32 Å². The summed E-state index contributed by atoms with van der Waals surface area (Å²) in [5.41, 5.74) is 0.968. The summed E-state index contributed by atoms with van der Waals surface area (Å²) in [6.07, 6.45) is 1.76. The Kier molecular flexibility index (Phi) is 6.16. The predicted octanol–water partition coefficient (Wildman–Crippen LogP) is 1.00. The summed E-state index contributed by atoms with van der Waals surface area (Å²) in [5, 5.41) is 3.14. The van der Waals surface area contributed by atoms with E-state index in [2.05, 4.69) is 5.32 Å². The van der Waals surface area contributed by atoms with Gasteiger partial charge in [-0.25, -0.2) is 16.8 Å². The fraction of sp³-hybridized carbons (Fsp3) is 0.538. The van der Waals surface area contributed by atoms with Gasteiger partial charge in [-0.15, -0.1) is 0 Å². The van der Waals surface area contributed by atoms with Gasteiger partial charge in [-0.05, 0) is 30.7 Å². The molecule has 7 heteroatoms. The molecule has 0 fully saturated rings. The number of nitrogens with one attached hydrogen (secondary N) is 1. The van der Waals surface area contributed by atoms with E-state index in [0.29, 0.717) is 24.4 Å². The van der Waals surface area contributed by atoms with Crippen molar-refractivity contribution in [1.29, 1.82) is 0 Å². The third-order valence-corrected chi connectivity index (χ3v) is 5.85. The summed E-state index contributed by atoms with van der Waals surface area (Å²) in [6, 6.07) is 6.67. The molecule has 0 aliphatic heterocycles. The highest BCUT2D eigenvalue weighted by Crippen LogP contribution is 2.10. The van der Waals surface area contributed by atoms with Crippen LogP contribution in [0.15, 0.2) is 29.2 Å². The van der Waals surface area contributed by atoms with Crippen LogP contribution >= 0.6 is 0 Å². The minimum absolute atomic E-state index is 0.181. The van der Waals surface area contributed by atoms with Crippen molar-refractivity contribution < 1.29 is 16.8 Å². The van der Waals surface area contributed by atoms with Gasteiger partial charge >= 0.3 is 0 Å². The standard InChI is InChI=1S/C13H21NO4S2/c1-3-20(17,18)10-4-9-14-11-12-5-7-13(8-6-12)19(2,15)16/h5-8,14H,3-4,9-11H2,1-2H3. The Labute approximate surface area is 121 Å². The lowest BCUT2D eigenvalue weighted by Crippen LogP contribution is -2.19. The molecule has 0 amide bonds. The van der Waals surface area contributed by atoms with E-state index in [1.807, 2.05) is 0 Å². The molecule has 0 aliphatic rings. The van der Waals surface area contributed by atoms with Crippen LogP contribution in [0, 0.1) is 0 Å². The maximum Gasteiger partial charge on any atom is 0.175 e. The lowest BCUT2D eigenvalue weighted by Gasteiger charge is -2.06. The van der Waals surface area contributed by atoms with E-state index in [9.17, 15) is 16.8 Å². The molecule has 0 heterocycles. The molecule has 1 aromatic rings. The topological polar surface area (TPSA) is 80.3 Å². The molecule has 0 saturated carbocycles. The van der Waals surface area contributed by atoms with E-state index in [-0.39, 0.29) is 11.5 Å². The second-order valence-corrected chi connectivity index (χ2v) is 9.17. The molecular formula is C13H21NO4S2. The van der Waals surface area contributed by atoms with E-state index in [4.69, 9.17) is 0 Å². The highest BCUT2D eigenvalue weighted by Gasteiger charge is 2.07. The Morgan fingerprint density at radius 3 is 2.15 bits per heavy atom. The van der Waals surface area contributed by atoms with Gasteiger partial charge in [-0.3, -0.25) is 0 Å².